The van der Waals surface area contributed by atoms with Crippen LogP contribution < -0.4 is 9.47 Å². The fourth-order valence-electron chi connectivity index (χ4n) is 3.53. The zero-order valence-corrected chi connectivity index (χ0v) is 23.0. The van der Waals surface area contributed by atoms with Crippen molar-refractivity contribution in [2.24, 2.45) is 0 Å². The number of hydrogen-bond acceptors (Lipinski definition) is 6. The van der Waals surface area contributed by atoms with E-state index in [1.165, 1.54) is 6.20 Å². The average Bonchev–Trinajstić information content (AvgIpc) is 2.78. The second kappa shape index (κ2) is 11.3. The number of aromatic nitrogens is 2. The molecule has 35 heavy (non-hydrogen) atoms. The monoisotopic (exact) mass is 556 g/mol. The van der Waals surface area contributed by atoms with Crippen molar-refractivity contribution in [2.75, 3.05) is 18.7 Å². The second-order valence-corrected chi connectivity index (χ2v) is 12.0. The van der Waals surface area contributed by atoms with Crippen LogP contribution in [0.2, 0.25) is 10.0 Å². The molecule has 0 aliphatic heterocycles. The van der Waals surface area contributed by atoms with E-state index in [1.54, 1.807) is 6.07 Å². The molecule has 3 aromatic rings. The molecule has 1 heterocycles. The molecule has 0 spiro atoms. The van der Waals surface area contributed by atoms with E-state index in [0.717, 1.165) is 17.4 Å². The highest BCUT2D eigenvalue weighted by molar-refractivity contribution is 7.89. The largest absolute Gasteiger partial charge is 0.489 e. The third-order valence-electron chi connectivity index (χ3n) is 5.47. The first-order valence-electron chi connectivity index (χ1n) is 10.9. The second-order valence-electron chi connectivity index (χ2n) is 8.68. The Morgan fingerprint density at radius 2 is 1.66 bits per heavy atom. The molecule has 10 heteroatoms. The summed E-state index contributed by atoms with van der Waals surface area (Å²) in [6, 6.07) is 13.1. The fourth-order valence-corrected chi connectivity index (χ4v) is 4.81. The van der Waals surface area contributed by atoms with E-state index in [9.17, 15) is 8.42 Å². The Labute approximate surface area is 221 Å². The topological polar surface area (TPSA) is 78.4 Å². The molecule has 0 unspecified atom stereocenters. The standard InChI is InChI=1S/C25H27Cl3N2O4S/c1-16(22-9-11-29-23(30-22)15-35(4,31)32)34-19-7-5-17(6-8-19)25(2,3)18-13-20(27)24(21(28)14-18)33-12-10-26/h5-9,11,13-14,16H,10,12,15H2,1-4H3/t16-/m1/s1. The van der Waals surface area contributed by atoms with Crippen LogP contribution in [-0.2, 0) is 21.0 Å². The van der Waals surface area contributed by atoms with Gasteiger partial charge in [0.15, 0.2) is 15.6 Å². The van der Waals surface area contributed by atoms with Gasteiger partial charge in [-0.1, -0.05) is 49.2 Å². The summed E-state index contributed by atoms with van der Waals surface area (Å²) in [7, 11) is -3.23. The molecule has 0 amide bonds. The number of sulfone groups is 1. The number of hydrogen-bond donors (Lipinski definition) is 0. The number of nitrogens with zero attached hydrogens (tertiary/aromatic N) is 2. The van der Waals surface area contributed by atoms with Gasteiger partial charge in [0.05, 0.1) is 21.6 Å². The maximum Gasteiger partial charge on any atom is 0.156 e. The third-order valence-corrected chi connectivity index (χ3v) is 6.97. The molecule has 3 rings (SSSR count). The van der Waals surface area contributed by atoms with Crippen LogP contribution in [0.3, 0.4) is 0 Å². The Morgan fingerprint density at radius 3 is 2.23 bits per heavy atom. The lowest BCUT2D eigenvalue weighted by molar-refractivity contribution is 0.221. The van der Waals surface area contributed by atoms with Crippen molar-refractivity contribution in [3.63, 3.8) is 0 Å². The molecular formula is C25H27Cl3N2O4S. The fraction of sp³-hybridized carbons (Fsp3) is 0.360. The van der Waals surface area contributed by atoms with Crippen LogP contribution in [0.5, 0.6) is 11.5 Å². The van der Waals surface area contributed by atoms with E-state index >= 15 is 0 Å². The Balaban J connectivity index is 1.77. The number of alkyl halides is 1. The predicted octanol–water partition coefficient (Wildman–Crippen LogP) is 6.41. The number of halogens is 3. The van der Waals surface area contributed by atoms with Crippen molar-refractivity contribution in [1.29, 1.82) is 0 Å². The van der Waals surface area contributed by atoms with Crippen LogP contribution in [0.15, 0.2) is 48.7 Å². The van der Waals surface area contributed by atoms with Gasteiger partial charge in [-0.25, -0.2) is 18.4 Å². The summed E-state index contributed by atoms with van der Waals surface area (Å²) < 4.78 is 34.7. The number of ether oxygens (including phenoxy) is 2. The van der Waals surface area contributed by atoms with Crippen LogP contribution in [0.25, 0.3) is 0 Å². The minimum atomic E-state index is -3.23. The molecule has 188 valence electrons. The minimum Gasteiger partial charge on any atom is -0.489 e. The average molecular weight is 558 g/mol. The van der Waals surface area contributed by atoms with E-state index < -0.39 is 21.4 Å². The summed E-state index contributed by atoms with van der Waals surface area (Å²) in [4.78, 5) is 8.37. The summed E-state index contributed by atoms with van der Waals surface area (Å²) in [5.74, 6) is 1.45. The van der Waals surface area contributed by atoms with Crippen LogP contribution in [-0.4, -0.2) is 37.1 Å². The van der Waals surface area contributed by atoms with Gasteiger partial charge in [0.1, 0.15) is 30.0 Å². The molecule has 6 nitrogen and oxygen atoms in total. The van der Waals surface area contributed by atoms with Crippen molar-refractivity contribution in [3.8, 4) is 11.5 Å². The van der Waals surface area contributed by atoms with Crippen LogP contribution >= 0.6 is 34.8 Å². The molecular weight excluding hydrogens is 531 g/mol. The molecule has 2 aromatic carbocycles. The Morgan fingerprint density at radius 1 is 1.03 bits per heavy atom. The van der Waals surface area contributed by atoms with Crippen molar-refractivity contribution >= 4 is 44.6 Å². The van der Waals surface area contributed by atoms with Gasteiger partial charge in [-0.05, 0) is 48.4 Å². The Hall–Kier alpha value is -2.06. The SMILES string of the molecule is C[C@@H](Oc1ccc(C(C)(C)c2cc(Cl)c(OCCCl)c(Cl)c2)cc1)c1ccnc(CS(C)(=O)=O)n1. The first kappa shape index (κ1) is 27.5. The number of benzene rings is 2. The Bertz CT molecular complexity index is 1260. The van der Waals surface area contributed by atoms with Gasteiger partial charge in [0.2, 0.25) is 0 Å². The molecule has 0 aliphatic carbocycles. The van der Waals surface area contributed by atoms with Crippen molar-refractivity contribution in [3.05, 3.63) is 81.4 Å². The van der Waals surface area contributed by atoms with Crippen molar-refractivity contribution < 1.29 is 17.9 Å². The van der Waals surface area contributed by atoms with Crippen molar-refractivity contribution in [2.45, 2.75) is 38.0 Å². The minimum absolute atomic E-state index is 0.217. The van der Waals surface area contributed by atoms with Gasteiger partial charge in [-0.2, -0.15) is 0 Å². The van der Waals surface area contributed by atoms with Gasteiger partial charge in [-0.15, -0.1) is 11.6 Å². The summed E-state index contributed by atoms with van der Waals surface area (Å²) >= 11 is 18.6. The zero-order valence-electron chi connectivity index (χ0n) is 19.9. The van der Waals surface area contributed by atoms with Gasteiger partial charge >= 0.3 is 0 Å². The lowest BCUT2D eigenvalue weighted by Crippen LogP contribution is -2.19. The summed E-state index contributed by atoms with van der Waals surface area (Å²) in [5, 5.41) is 0.860. The lowest BCUT2D eigenvalue weighted by atomic mass is 9.78. The first-order chi connectivity index (χ1) is 16.4. The predicted molar refractivity (Wildman–Crippen MR) is 141 cm³/mol. The highest BCUT2D eigenvalue weighted by atomic mass is 35.5. The molecule has 0 N–H and O–H groups in total. The molecule has 0 fully saturated rings. The van der Waals surface area contributed by atoms with Gasteiger partial charge in [0, 0.05) is 17.9 Å². The van der Waals surface area contributed by atoms with E-state index in [1.807, 2.05) is 43.3 Å². The van der Waals surface area contributed by atoms with Gasteiger partial charge < -0.3 is 9.47 Å². The van der Waals surface area contributed by atoms with E-state index in [4.69, 9.17) is 44.3 Å². The van der Waals surface area contributed by atoms with Crippen molar-refractivity contribution in [1.82, 2.24) is 9.97 Å². The van der Waals surface area contributed by atoms with Gasteiger partial charge in [-0.3, -0.25) is 0 Å². The summed E-state index contributed by atoms with van der Waals surface area (Å²) in [5.41, 5.74) is 2.18. The Kier molecular flexibility index (Phi) is 8.91. The highest BCUT2D eigenvalue weighted by Crippen LogP contribution is 2.40. The summed E-state index contributed by atoms with van der Waals surface area (Å²) in [6.07, 6.45) is 2.29. The first-order valence-corrected chi connectivity index (χ1v) is 14.2. The van der Waals surface area contributed by atoms with Crippen LogP contribution in [0.4, 0.5) is 0 Å². The smallest absolute Gasteiger partial charge is 0.156 e. The zero-order chi connectivity index (χ0) is 25.8. The van der Waals surface area contributed by atoms with Crippen LogP contribution in [0, 0.1) is 0 Å². The maximum atomic E-state index is 11.5. The molecule has 1 atom stereocenters. The highest BCUT2D eigenvalue weighted by Gasteiger charge is 2.26. The van der Waals surface area contributed by atoms with E-state index in [2.05, 4.69) is 23.8 Å². The third kappa shape index (κ3) is 7.23. The summed E-state index contributed by atoms with van der Waals surface area (Å²) in [6.45, 7) is 6.33. The van der Waals surface area contributed by atoms with Crippen LogP contribution in [0.1, 0.15) is 49.5 Å². The molecule has 0 bridgehead atoms. The molecule has 0 radical (unpaired) electrons. The molecule has 0 saturated carbocycles. The van der Waals surface area contributed by atoms with Gasteiger partial charge in [0.25, 0.3) is 0 Å². The normalized spacial score (nSPS) is 12.9. The van der Waals surface area contributed by atoms with E-state index in [0.29, 0.717) is 39.7 Å². The number of rotatable bonds is 10. The lowest BCUT2D eigenvalue weighted by Gasteiger charge is -2.27. The molecule has 0 saturated heterocycles. The van der Waals surface area contributed by atoms with E-state index in [-0.39, 0.29) is 11.6 Å². The molecule has 0 aliphatic rings. The quantitative estimate of drug-likeness (QED) is 0.268. The maximum absolute atomic E-state index is 11.5. The molecule has 1 aromatic heterocycles.